The Balaban J connectivity index is 2.38. The minimum absolute atomic E-state index is 0.736. The molecule has 0 saturated heterocycles. The summed E-state index contributed by atoms with van der Waals surface area (Å²) in [6, 6.07) is 14.6. The molecule has 0 fully saturated rings. The second-order valence-electron chi connectivity index (χ2n) is 4.93. The molecule has 3 aromatic rings. The summed E-state index contributed by atoms with van der Waals surface area (Å²) in [4.78, 5) is 4.53. The Kier molecular flexibility index (Phi) is 2.71. The number of hydrogen-bond acceptors (Lipinski definition) is 2. The second kappa shape index (κ2) is 4.39. The number of aromatic nitrogens is 1. The van der Waals surface area contributed by atoms with Crippen LogP contribution in [0.15, 0.2) is 48.7 Å². The van der Waals surface area contributed by atoms with E-state index in [-0.39, 0.29) is 0 Å². The standard InChI is InChI=1S/C17H16N2/c1-11-9-15(18)17(19-10-11)16-12(2)7-8-13-5-3-4-6-14(13)16/h3-10H,18H2,1-2H3. The molecule has 19 heavy (non-hydrogen) atoms. The summed E-state index contributed by atoms with van der Waals surface area (Å²) >= 11 is 0. The van der Waals surface area contributed by atoms with Crippen LogP contribution in [0.5, 0.6) is 0 Å². The fourth-order valence-corrected chi connectivity index (χ4v) is 2.50. The maximum Gasteiger partial charge on any atom is 0.0940 e. The molecule has 0 radical (unpaired) electrons. The lowest BCUT2D eigenvalue weighted by Crippen LogP contribution is -1.96. The van der Waals surface area contributed by atoms with E-state index in [1.807, 2.05) is 25.3 Å². The molecule has 0 spiro atoms. The zero-order valence-electron chi connectivity index (χ0n) is 11.1. The zero-order chi connectivity index (χ0) is 13.4. The maximum atomic E-state index is 6.15. The van der Waals surface area contributed by atoms with Gasteiger partial charge in [-0.05, 0) is 41.8 Å². The molecule has 0 saturated carbocycles. The van der Waals surface area contributed by atoms with Gasteiger partial charge in [-0.25, -0.2) is 0 Å². The molecule has 2 aromatic carbocycles. The third-order valence-electron chi connectivity index (χ3n) is 3.43. The number of aryl methyl sites for hydroxylation is 2. The summed E-state index contributed by atoms with van der Waals surface area (Å²) in [6.07, 6.45) is 1.87. The van der Waals surface area contributed by atoms with Crippen molar-refractivity contribution in [3.63, 3.8) is 0 Å². The molecule has 2 nitrogen and oxygen atoms in total. The largest absolute Gasteiger partial charge is 0.397 e. The van der Waals surface area contributed by atoms with Crippen molar-refractivity contribution in [2.45, 2.75) is 13.8 Å². The summed E-state index contributed by atoms with van der Waals surface area (Å²) in [6.45, 7) is 4.10. The Morgan fingerprint density at radius 3 is 2.58 bits per heavy atom. The molecule has 1 aromatic heterocycles. The smallest absolute Gasteiger partial charge is 0.0940 e. The summed E-state index contributed by atoms with van der Waals surface area (Å²) in [5.41, 5.74) is 11.2. The number of nitrogens with two attached hydrogens (primary N) is 1. The summed E-state index contributed by atoms with van der Waals surface area (Å²) in [5.74, 6) is 0. The molecule has 0 aliphatic carbocycles. The first-order valence-electron chi connectivity index (χ1n) is 6.37. The van der Waals surface area contributed by atoms with Crippen molar-refractivity contribution in [2.24, 2.45) is 0 Å². The molecule has 0 amide bonds. The van der Waals surface area contributed by atoms with Crippen LogP contribution in [0.4, 0.5) is 5.69 Å². The number of nitrogens with zero attached hydrogens (tertiary/aromatic N) is 1. The van der Waals surface area contributed by atoms with E-state index in [2.05, 4.69) is 42.2 Å². The van der Waals surface area contributed by atoms with Gasteiger partial charge in [0.05, 0.1) is 11.4 Å². The van der Waals surface area contributed by atoms with Gasteiger partial charge in [0.15, 0.2) is 0 Å². The molecule has 3 rings (SSSR count). The van der Waals surface area contributed by atoms with E-state index < -0.39 is 0 Å². The first kappa shape index (κ1) is 11.7. The SMILES string of the molecule is Cc1cnc(-c2c(C)ccc3ccccc23)c(N)c1. The number of pyridine rings is 1. The summed E-state index contributed by atoms with van der Waals surface area (Å²) in [5, 5.41) is 2.41. The van der Waals surface area contributed by atoms with E-state index >= 15 is 0 Å². The van der Waals surface area contributed by atoms with Gasteiger partial charge in [0.2, 0.25) is 0 Å². The van der Waals surface area contributed by atoms with Crippen LogP contribution < -0.4 is 5.73 Å². The molecule has 2 heteroatoms. The van der Waals surface area contributed by atoms with Gasteiger partial charge in [-0.3, -0.25) is 4.98 Å². The van der Waals surface area contributed by atoms with Crippen LogP contribution >= 0.6 is 0 Å². The van der Waals surface area contributed by atoms with Gasteiger partial charge in [0.1, 0.15) is 0 Å². The first-order chi connectivity index (χ1) is 9.16. The van der Waals surface area contributed by atoms with Gasteiger partial charge < -0.3 is 5.73 Å². The van der Waals surface area contributed by atoms with Crippen LogP contribution in [-0.2, 0) is 0 Å². The van der Waals surface area contributed by atoms with Crippen LogP contribution in [0.3, 0.4) is 0 Å². The first-order valence-corrected chi connectivity index (χ1v) is 6.37. The number of benzene rings is 2. The third kappa shape index (κ3) is 1.95. The molecule has 0 unspecified atom stereocenters. The Labute approximate surface area is 112 Å². The van der Waals surface area contributed by atoms with Crippen LogP contribution in [0.1, 0.15) is 11.1 Å². The van der Waals surface area contributed by atoms with Crippen molar-refractivity contribution < 1.29 is 0 Å². The predicted octanol–water partition coefficient (Wildman–Crippen LogP) is 4.10. The van der Waals surface area contributed by atoms with Crippen LogP contribution in [0.25, 0.3) is 22.0 Å². The number of nitrogen functional groups attached to an aromatic ring is 1. The third-order valence-corrected chi connectivity index (χ3v) is 3.43. The fourth-order valence-electron chi connectivity index (χ4n) is 2.50. The Morgan fingerprint density at radius 1 is 1.00 bits per heavy atom. The second-order valence-corrected chi connectivity index (χ2v) is 4.93. The van der Waals surface area contributed by atoms with Crippen molar-refractivity contribution >= 4 is 16.5 Å². The minimum Gasteiger partial charge on any atom is -0.397 e. The van der Waals surface area contributed by atoms with Gasteiger partial charge in [0.25, 0.3) is 0 Å². The molecule has 0 bridgehead atoms. The highest BCUT2D eigenvalue weighted by Crippen LogP contribution is 2.33. The van der Waals surface area contributed by atoms with Gasteiger partial charge in [-0.15, -0.1) is 0 Å². The predicted molar refractivity (Wildman–Crippen MR) is 81.1 cm³/mol. The van der Waals surface area contributed by atoms with Crippen LogP contribution in [-0.4, -0.2) is 4.98 Å². The zero-order valence-corrected chi connectivity index (χ0v) is 11.1. The van der Waals surface area contributed by atoms with E-state index in [4.69, 9.17) is 5.73 Å². The molecular formula is C17H16N2. The molecule has 0 atom stereocenters. The quantitative estimate of drug-likeness (QED) is 0.704. The van der Waals surface area contributed by atoms with Gasteiger partial charge in [0, 0.05) is 11.8 Å². The van der Waals surface area contributed by atoms with Crippen molar-refractivity contribution in [3.05, 3.63) is 59.8 Å². The maximum absolute atomic E-state index is 6.15. The topological polar surface area (TPSA) is 38.9 Å². The van der Waals surface area contributed by atoms with Crippen LogP contribution in [0, 0.1) is 13.8 Å². The van der Waals surface area contributed by atoms with Gasteiger partial charge in [-0.1, -0.05) is 36.4 Å². The molecule has 0 aliphatic heterocycles. The average molecular weight is 248 g/mol. The highest BCUT2D eigenvalue weighted by atomic mass is 14.7. The van der Waals surface area contributed by atoms with Gasteiger partial charge >= 0.3 is 0 Å². The van der Waals surface area contributed by atoms with Gasteiger partial charge in [-0.2, -0.15) is 0 Å². The van der Waals surface area contributed by atoms with Crippen molar-refractivity contribution in [3.8, 4) is 11.3 Å². The number of hydrogen-bond donors (Lipinski definition) is 1. The fraction of sp³-hybridized carbons (Fsp3) is 0.118. The lowest BCUT2D eigenvalue weighted by molar-refractivity contribution is 1.27. The van der Waals surface area contributed by atoms with E-state index in [1.165, 1.54) is 16.3 Å². The monoisotopic (exact) mass is 248 g/mol. The average Bonchev–Trinajstić information content (AvgIpc) is 2.40. The van der Waals surface area contributed by atoms with Crippen molar-refractivity contribution in [1.82, 2.24) is 4.98 Å². The van der Waals surface area contributed by atoms with Crippen molar-refractivity contribution in [2.75, 3.05) is 5.73 Å². The molecule has 2 N–H and O–H groups in total. The lowest BCUT2D eigenvalue weighted by atomic mass is 9.96. The number of fused-ring (bicyclic) bond motifs is 1. The Hall–Kier alpha value is -2.35. The Morgan fingerprint density at radius 2 is 1.79 bits per heavy atom. The van der Waals surface area contributed by atoms with Crippen LogP contribution in [0.2, 0.25) is 0 Å². The molecular weight excluding hydrogens is 232 g/mol. The van der Waals surface area contributed by atoms with E-state index in [9.17, 15) is 0 Å². The molecule has 94 valence electrons. The van der Waals surface area contributed by atoms with E-state index in [0.717, 1.165) is 22.5 Å². The Bertz CT molecular complexity index is 760. The summed E-state index contributed by atoms with van der Waals surface area (Å²) < 4.78 is 0. The highest BCUT2D eigenvalue weighted by molar-refractivity contribution is 5.99. The number of rotatable bonds is 1. The van der Waals surface area contributed by atoms with E-state index in [0.29, 0.717) is 0 Å². The van der Waals surface area contributed by atoms with Crippen molar-refractivity contribution in [1.29, 1.82) is 0 Å². The lowest BCUT2D eigenvalue weighted by Gasteiger charge is -2.12. The summed E-state index contributed by atoms with van der Waals surface area (Å²) in [7, 11) is 0. The normalized spacial score (nSPS) is 10.8. The molecule has 1 heterocycles. The molecule has 0 aliphatic rings. The van der Waals surface area contributed by atoms with E-state index in [1.54, 1.807) is 0 Å². The minimum atomic E-state index is 0.736. The number of anilines is 1. The highest BCUT2D eigenvalue weighted by Gasteiger charge is 2.11.